The molecule has 2 amide bonds. The number of urea groups is 1. The standard InChI is InChI=1S/C16H21N5O2/c1-12(18-16(23)20-9-2-3-15(22)11-20)13-4-6-14(7-5-13)21-10-8-17-19-21/h4-8,10,12,15,22H,2-3,9,11H2,1H3,(H,18,23). The summed E-state index contributed by atoms with van der Waals surface area (Å²) >= 11 is 0. The number of carbonyl (C=O) groups excluding carboxylic acids is 1. The summed E-state index contributed by atoms with van der Waals surface area (Å²) in [5.41, 5.74) is 1.93. The predicted molar refractivity (Wildman–Crippen MR) is 85.1 cm³/mol. The number of rotatable bonds is 3. The Balaban J connectivity index is 1.61. The van der Waals surface area contributed by atoms with Crippen LogP contribution in [0.15, 0.2) is 36.7 Å². The number of carbonyl (C=O) groups is 1. The van der Waals surface area contributed by atoms with Crippen LogP contribution >= 0.6 is 0 Å². The number of aromatic nitrogens is 3. The lowest BCUT2D eigenvalue weighted by atomic mass is 10.1. The van der Waals surface area contributed by atoms with Crippen LogP contribution in [-0.4, -0.2) is 50.2 Å². The van der Waals surface area contributed by atoms with Crippen LogP contribution in [0.5, 0.6) is 0 Å². The molecule has 23 heavy (non-hydrogen) atoms. The maximum atomic E-state index is 12.3. The van der Waals surface area contributed by atoms with E-state index in [1.54, 1.807) is 22.0 Å². The molecule has 0 aliphatic carbocycles. The Morgan fingerprint density at radius 3 is 2.83 bits per heavy atom. The van der Waals surface area contributed by atoms with Crippen molar-refractivity contribution in [1.82, 2.24) is 25.2 Å². The molecule has 1 saturated heterocycles. The number of aliphatic hydroxyl groups excluding tert-OH is 1. The smallest absolute Gasteiger partial charge is 0.317 e. The number of piperidine rings is 1. The molecule has 2 N–H and O–H groups in total. The molecule has 122 valence electrons. The van der Waals surface area contributed by atoms with Gasteiger partial charge in [0.05, 0.1) is 30.2 Å². The second-order valence-electron chi connectivity index (χ2n) is 5.85. The van der Waals surface area contributed by atoms with E-state index in [-0.39, 0.29) is 12.1 Å². The van der Waals surface area contributed by atoms with E-state index in [2.05, 4.69) is 15.6 Å². The highest BCUT2D eigenvalue weighted by atomic mass is 16.3. The highest BCUT2D eigenvalue weighted by Gasteiger charge is 2.23. The van der Waals surface area contributed by atoms with Crippen molar-refractivity contribution in [3.63, 3.8) is 0 Å². The average molecular weight is 315 g/mol. The van der Waals surface area contributed by atoms with Crippen molar-refractivity contribution in [2.24, 2.45) is 0 Å². The first-order valence-electron chi connectivity index (χ1n) is 7.83. The van der Waals surface area contributed by atoms with Gasteiger partial charge in [-0.2, -0.15) is 0 Å². The van der Waals surface area contributed by atoms with Gasteiger partial charge < -0.3 is 15.3 Å². The second kappa shape index (κ2) is 6.78. The molecule has 0 saturated carbocycles. The number of benzene rings is 1. The van der Waals surface area contributed by atoms with Crippen molar-refractivity contribution >= 4 is 6.03 Å². The molecule has 7 nitrogen and oxygen atoms in total. The van der Waals surface area contributed by atoms with Crippen molar-refractivity contribution in [3.05, 3.63) is 42.2 Å². The quantitative estimate of drug-likeness (QED) is 0.899. The summed E-state index contributed by atoms with van der Waals surface area (Å²) in [5, 5.41) is 20.4. The molecule has 1 fully saturated rings. The number of nitrogens with one attached hydrogen (secondary N) is 1. The van der Waals surface area contributed by atoms with Gasteiger partial charge in [-0.25, -0.2) is 9.48 Å². The van der Waals surface area contributed by atoms with Crippen LogP contribution in [0.2, 0.25) is 0 Å². The van der Waals surface area contributed by atoms with Crippen molar-refractivity contribution in [1.29, 1.82) is 0 Å². The maximum Gasteiger partial charge on any atom is 0.317 e. The molecule has 2 unspecified atom stereocenters. The number of likely N-dealkylation sites (tertiary alicyclic amines) is 1. The van der Waals surface area contributed by atoms with Gasteiger partial charge in [-0.1, -0.05) is 17.3 Å². The third-order valence-corrected chi connectivity index (χ3v) is 4.10. The Labute approximate surface area is 134 Å². The zero-order valence-corrected chi connectivity index (χ0v) is 13.1. The van der Waals surface area contributed by atoms with E-state index in [1.807, 2.05) is 31.2 Å². The number of hydrogen-bond acceptors (Lipinski definition) is 4. The van der Waals surface area contributed by atoms with Crippen LogP contribution in [0.3, 0.4) is 0 Å². The monoisotopic (exact) mass is 315 g/mol. The van der Waals surface area contributed by atoms with Gasteiger partial charge in [0.2, 0.25) is 0 Å². The third kappa shape index (κ3) is 3.68. The lowest BCUT2D eigenvalue weighted by molar-refractivity contribution is 0.0835. The highest BCUT2D eigenvalue weighted by molar-refractivity contribution is 5.74. The molecule has 1 aromatic carbocycles. The molecule has 0 radical (unpaired) electrons. The topological polar surface area (TPSA) is 83.3 Å². The van der Waals surface area contributed by atoms with E-state index >= 15 is 0 Å². The van der Waals surface area contributed by atoms with Gasteiger partial charge in [0.1, 0.15) is 0 Å². The fraction of sp³-hybridized carbons (Fsp3) is 0.438. The van der Waals surface area contributed by atoms with Gasteiger partial charge in [0.25, 0.3) is 0 Å². The van der Waals surface area contributed by atoms with Crippen molar-refractivity contribution < 1.29 is 9.90 Å². The minimum atomic E-state index is -0.410. The average Bonchev–Trinajstić information content (AvgIpc) is 3.09. The van der Waals surface area contributed by atoms with Crippen LogP contribution in [-0.2, 0) is 0 Å². The van der Waals surface area contributed by atoms with E-state index in [0.717, 1.165) is 24.1 Å². The molecule has 1 aromatic heterocycles. The van der Waals surface area contributed by atoms with Gasteiger partial charge >= 0.3 is 6.03 Å². The van der Waals surface area contributed by atoms with Gasteiger partial charge in [-0.15, -0.1) is 5.10 Å². The molecule has 2 aromatic rings. The number of nitrogens with zero attached hydrogens (tertiary/aromatic N) is 4. The maximum absolute atomic E-state index is 12.3. The molecule has 3 rings (SSSR count). The predicted octanol–water partition coefficient (Wildman–Crippen LogP) is 1.49. The molecule has 7 heteroatoms. The number of amides is 2. The van der Waals surface area contributed by atoms with Crippen LogP contribution in [0.4, 0.5) is 4.79 Å². The van der Waals surface area contributed by atoms with Crippen LogP contribution < -0.4 is 5.32 Å². The summed E-state index contributed by atoms with van der Waals surface area (Å²) in [5.74, 6) is 0. The van der Waals surface area contributed by atoms with Crippen LogP contribution in [0.25, 0.3) is 5.69 Å². The first kappa shape index (κ1) is 15.5. The van der Waals surface area contributed by atoms with Gasteiger partial charge in [-0.3, -0.25) is 0 Å². The minimum absolute atomic E-state index is 0.105. The first-order chi connectivity index (χ1) is 11.1. The molecular weight excluding hydrogens is 294 g/mol. The molecule has 1 aliphatic rings. The summed E-state index contributed by atoms with van der Waals surface area (Å²) in [6.07, 6.45) is 4.61. The zero-order valence-electron chi connectivity index (χ0n) is 13.1. The van der Waals surface area contributed by atoms with E-state index in [1.165, 1.54) is 0 Å². The van der Waals surface area contributed by atoms with E-state index in [9.17, 15) is 9.90 Å². The van der Waals surface area contributed by atoms with Crippen molar-refractivity contribution in [2.45, 2.75) is 31.9 Å². The molecule has 0 bridgehead atoms. The lowest BCUT2D eigenvalue weighted by Gasteiger charge is -2.31. The van der Waals surface area contributed by atoms with Crippen molar-refractivity contribution in [2.75, 3.05) is 13.1 Å². The number of aliphatic hydroxyl groups is 1. The normalized spacial score (nSPS) is 19.4. The zero-order chi connectivity index (χ0) is 16.2. The molecule has 0 spiro atoms. The van der Waals surface area contributed by atoms with Gasteiger partial charge in [0, 0.05) is 13.1 Å². The van der Waals surface area contributed by atoms with E-state index < -0.39 is 6.10 Å². The molecule has 2 heterocycles. The lowest BCUT2D eigenvalue weighted by Crippen LogP contribution is -2.47. The Kier molecular flexibility index (Phi) is 4.57. The Morgan fingerprint density at radius 2 is 2.17 bits per heavy atom. The highest BCUT2D eigenvalue weighted by Crippen LogP contribution is 2.16. The van der Waals surface area contributed by atoms with Gasteiger partial charge in [0.15, 0.2) is 0 Å². The summed E-state index contributed by atoms with van der Waals surface area (Å²) in [4.78, 5) is 13.9. The first-order valence-corrected chi connectivity index (χ1v) is 7.83. The summed E-state index contributed by atoms with van der Waals surface area (Å²) < 4.78 is 1.68. The van der Waals surface area contributed by atoms with Crippen LogP contribution in [0.1, 0.15) is 31.4 Å². The Hall–Kier alpha value is -2.41. The fourth-order valence-electron chi connectivity index (χ4n) is 2.76. The Bertz CT molecular complexity index is 641. The van der Waals surface area contributed by atoms with E-state index in [4.69, 9.17) is 0 Å². The number of β-amino-alcohol motifs (C(OH)–C–C–N with tert-alkyl or cyclic N) is 1. The van der Waals surface area contributed by atoms with Gasteiger partial charge in [-0.05, 0) is 37.5 Å². The summed E-state index contributed by atoms with van der Waals surface area (Å²) in [7, 11) is 0. The summed E-state index contributed by atoms with van der Waals surface area (Å²) in [6, 6.07) is 7.58. The third-order valence-electron chi connectivity index (χ3n) is 4.10. The Morgan fingerprint density at radius 1 is 1.39 bits per heavy atom. The SMILES string of the molecule is CC(NC(=O)N1CCCC(O)C1)c1ccc(-n2ccnn2)cc1. The minimum Gasteiger partial charge on any atom is -0.391 e. The molecule has 1 aliphatic heterocycles. The molecular formula is C16H21N5O2. The molecule has 2 atom stereocenters. The van der Waals surface area contributed by atoms with Crippen LogP contribution in [0, 0.1) is 0 Å². The second-order valence-corrected chi connectivity index (χ2v) is 5.85. The summed E-state index contributed by atoms with van der Waals surface area (Å²) in [6.45, 7) is 3.05. The van der Waals surface area contributed by atoms with Crippen molar-refractivity contribution in [3.8, 4) is 5.69 Å². The number of hydrogen-bond donors (Lipinski definition) is 2. The fourth-order valence-corrected chi connectivity index (χ4v) is 2.76. The van der Waals surface area contributed by atoms with E-state index in [0.29, 0.717) is 13.1 Å². The largest absolute Gasteiger partial charge is 0.391 e.